The summed E-state index contributed by atoms with van der Waals surface area (Å²) in [6.07, 6.45) is 5.27. The number of carboxylic acids is 1. The maximum Gasteiger partial charge on any atom is 0.309 e. The van der Waals surface area contributed by atoms with Gasteiger partial charge in [-0.2, -0.15) is 5.10 Å². The molecule has 2 aromatic rings. The Bertz CT molecular complexity index is 816. The van der Waals surface area contributed by atoms with E-state index in [0.717, 1.165) is 15.9 Å². The number of rotatable bonds is 3. The molecule has 1 aliphatic carbocycles. The van der Waals surface area contributed by atoms with Gasteiger partial charge >= 0.3 is 5.97 Å². The Labute approximate surface area is 149 Å². The topological polar surface area (TPSA) is 70.7 Å². The molecule has 0 unspecified atom stereocenters. The molecule has 4 rings (SSSR count). The predicted molar refractivity (Wildman–Crippen MR) is 94.4 cm³/mol. The Balaban J connectivity index is 1.76. The Morgan fingerprint density at radius 2 is 2.21 bits per heavy atom. The average molecular weight is 393 g/mol. The number of fused-ring (bicyclic) bond motifs is 1. The molecule has 0 aromatic carbocycles. The highest BCUT2D eigenvalue weighted by Crippen LogP contribution is 2.46. The molecule has 2 fully saturated rings. The highest BCUT2D eigenvalue weighted by atomic mass is 79.9. The SMILES string of the molecule is C[C@H]1C[C@@](C)(C(=O)O)CCN1c1ncnn2c(Br)cc(C3CC3)c12. The number of carbonyl (C=O) groups is 1. The summed E-state index contributed by atoms with van der Waals surface area (Å²) in [5, 5.41) is 13.9. The standard InChI is InChI=1S/C17H21BrN4O2/c1-10-8-17(2,16(23)24)5-6-21(10)15-14-12(11-3-4-11)7-13(18)22(14)20-9-19-15/h7,9-11H,3-6,8H2,1-2H3,(H,23,24)/t10-,17-/m0/s1. The third kappa shape index (κ3) is 2.41. The van der Waals surface area contributed by atoms with Crippen LogP contribution in [0.15, 0.2) is 17.0 Å². The summed E-state index contributed by atoms with van der Waals surface area (Å²) in [5.74, 6) is 0.823. The van der Waals surface area contributed by atoms with Gasteiger partial charge in [-0.15, -0.1) is 0 Å². The smallest absolute Gasteiger partial charge is 0.309 e. The lowest BCUT2D eigenvalue weighted by molar-refractivity contribution is -0.149. The van der Waals surface area contributed by atoms with E-state index in [2.05, 4.69) is 43.9 Å². The minimum absolute atomic E-state index is 0.124. The van der Waals surface area contributed by atoms with Crippen LogP contribution in [0.1, 0.15) is 51.0 Å². The first-order valence-corrected chi connectivity index (χ1v) is 9.22. The summed E-state index contributed by atoms with van der Waals surface area (Å²) in [6.45, 7) is 4.64. The van der Waals surface area contributed by atoms with Crippen LogP contribution in [0.5, 0.6) is 0 Å². The minimum Gasteiger partial charge on any atom is -0.481 e. The second kappa shape index (κ2) is 5.44. The number of hydrogen-bond acceptors (Lipinski definition) is 4. The number of piperidine rings is 1. The third-order valence-electron chi connectivity index (χ3n) is 5.51. The zero-order valence-corrected chi connectivity index (χ0v) is 15.5. The van der Waals surface area contributed by atoms with Crippen molar-refractivity contribution in [2.45, 2.75) is 51.5 Å². The first-order chi connectivity index (χ1) is 11.4. The molecule has 0 radical (unpaired) electrons. The van der Waals surface area contributed by atoms with Crippen molar-refractivity contribution in [1.29, 1.82) is 0 Å². The zero-order valence-electron chi connectivity index (χ0n) is 13.9. The van der Waals surface area contributed by atoms with Crippen molar-refractivity contribution in [2.24, 2.45) is 5.41 Å². The molecule has 1 saturated heterocycles. The molecule has 1 saturated carbocycles. The van der Waals surface area contributed by atoms with Crippen molar-refractivity contribution in [2.75, 3.05) is 11.4 Å². The van der Waals surface area contributed by atoms with E-state index in [1.807, 2.05) is 11.4 Å². The van der Waals surface area contributed by atoms with Gasteiger partial charge in [0, 0.05) is 12.6 Å². The summed E-state index contributed by atoms with van der Waals surface area (Å²) in [5.41, 5.74) is 1.72. The zero-order chi connectivity index (χ0) is 17.1. The van der Waals surface area contributed by atoms with Crippen LogP contribution < -0.4 is 4.90 Å². The third-order valence-corrected chi connectivity index (χ3v) is 6.07. The molecular formula is C17H21BrN4O2. The van der Waals surface area contributed by atoms with Gasteiger partial charge in [0.25, 0.3) is 0 Å². The van der Waals surface area contributed by atoms with E-state index in [4.69, 9.17) is 0 Å². The molecule has 2 aliphatic rings. The molecule has 2 aromatic heterocycles. The van der Waals surface area contributed by atoms with E-state index in [0.29, 0.717) is 25.3 Å². The summed E-state index contributed by atoms with van der Waals surface area (Å²) in [7, 11) is 0. The lowest BCUT2D eigenvalue weighted by Gasteiger charge is -2.42. The summed E-state index contributed by atoms with van der Waals surface area (Å²) >= 11 is 3.60. The van der Waals surface area contributed by atoms with Gasteiger partial charge in [-0.1, -0.05) is 0 Å². The van der Waals surface area contributed by atoms with Crippen LogP contribution in [0.4, 0.5) is 5.82 Å². The van der Waals surface area contributed by atoms with E-state index >= 15 is 0 Å². The Morgan fingerprint density at radius 3 is 2.83 bits per heavy atom. The molecule has 24 heavy (non-hydrogen) atoms. The Kier molecular flexibility index (Phi) is 3.60. The number of aromatic nitrogens is 3. The molecule has 7 heteroatoms. The van der Waals surface area contributed by atoms with Crippen LogP contribution in [0.2, 0.25) is 0 Å². The lowest BCUT2D eigenvalue weighted by Crippen LogP contribution is -2.48. The highest BCUT2D eigenvalue weighted by Gasteiger charge is 2.41. The monoisotopic (exact) mass is 392 g/mol. The van der Waals surface area contributed by atoms with Gasteiger partial charge < -0.3 is 10.0 Å². The van der Waals surface area contributed by atoms with Gasteiger partial charge in [0.2, 0.25) is 0 Å². The molecule has 6 nitrogen and oxygen atoms in total. The molecule has 1 N–H and O–H groups in total. The van der Waals surface area contributed by atoms with Crippen LogP contribution >= 0.6 is 15.9 Å². The fourth-order valence-electron chi connectivity index (χ4n) is 3.89. The van der Waals surface area contributed by atoms with Gasteiger partial charge in [0.05, 0.1) is 5.41 Å². The number of halogens is 1. The van der Waals surface area contributed by atoms with E-state index in [1.165, 1.54) is 18.4 Å². The summed E-state index contributed by atoms with van der Waals surface area (Å²) < 4.78 is 2.86. The van der Waals surface area contributed by atoms with Crippen LogP contribution in [0, 0.1) is 5.41 Å². The Hall–Kier alpha value is -1.63. The molecule has 1 aliphatic heterocycles. The fraction of sp³-hybridized carbons (Fsp3) is 0.588. The molecular weight excluding hydrogens is 372 g/mol. The van der Waals surface area contributed by atoms with Crippen molar-refractivity contribution < 1.29 is 9.90 Å². The largest absolute Gasteiger partial charge is 0.481 e. The molecule has 3 heterocycles. The van der Waals surface area contributed by atoms with Gasteiger partial charge in [-0.3, -0.25) is 4.79 Å². The predicted octanol–water partition coefficient (Wildman–Crippen LogP) is 3.45. The summed E-state index contributed by atoms with van der Waals surface area (Å²) in [6, 6.07) is 2.28. The molecule has 0 amide bonds. The van der Waals surface area contributed by atoms with Gasteiger partial charge in [-0.25, -0.2) is 9.50 Å². The van der Waals surface area contributed by atoms with Crippen molar-refractivity contribution in [3.63, 3.8) is 0 Å². The van der Waals surface area contributed by atoms with E-state index in [-0.39, 0.29) is 6.04 Å². The molecule has 2 atom stereocenters. The second-order valence-corrected chi connectivity index (χ2v) is 8.22. The summed E-state index contributed by atoms with van der Waals surface area (Å²) in [4.78, 5) is 18.4. The van der Waals surface area contributed by atoms with Crippen molar-refractivity contribution in [3.8, 4) is 0 Å². The highest BCUT2D eigenvalue weighted by molar-refractivity contribution is 9.10. The van der Waals surface area contributed by atoms with Gasteiger partial charge in [0.15, 0.2) is 5.82 Å². The number of aliphatic carboxylic acids is 1. The van der Waals surface area contributed by atoms with Gasteiger partial charge in [-0.05, 0) is 73.0 Å². The molecule has 128 valence electrons. The molecule has 0 spiro atoms. The average Bonchev–Trinajstić information content (AvgIpc) is 3.32. The van der Waals surface area contributed by atoms with Crippen LogP contribution in [0.3, 0.4) is 0 Å². The number of hydrogen-bond donors (Lipinski definition) is 1. The quantitative estimate of drug-likeness (QED) is 0.865. The van der Waals surface area contributed by atoms with Crippen LogP contribution in [-0.2, 0) is 4.79 Å². The number of carboxylic acid groups (broad SMARTS) is 1. The maximum absolute atomic E-state index is 11.6. The van der Waals surface area contributed by atoms with Gasteiger partial charge in [0.1, 0.15) is 16.4 Å². The number of nitrogens with zero attached hydrogens (tertiary/aromatic N) is 4. The second-order valence-electron chi connectivity index (χ2n) is 7.40. The Morgan fingerprint density at radius 1 is 1.46 bits per heavy atom. The van der Waals surface area contributed by atoms with Crippen LogP contribution in [-0.4, -0.2) is 38.3 Å². The van der Waals surface area contributed by atoms with E-state index in [9.17, 15) is 9.90 Å². The fourth-order valence-corrected chi connectivity index (χ4v) is 4.41. The lowest BCUT2D eigenvalue weighted by atomic mass is 9.77. The molecule has 0 bridgehead atoms. The van der Waals surface area contributed by atoms with Crippen molar-refractivity contribution in [1.82, 2.24) is 14.6 Å². The van der Waals surface area contributed by atoms with Crippen molar-refractivity contribution >= 4 is 33.2 Å². The first-order valence-electron chi connectivity index (χ1n) is 8.43. The van der Waals surface area contributed by atoms with Crippen LogP contribution in [0.25, 0.3) is 5.52 Å². The van der Waals surface area contributed by atoms with E-state index < -0.39 is 11.4 Å². The minimum atomic E-state index is -0.703. The number of anilines is 1. The van der Waals surface area contributed by atoms with Crippen molar-refractivity contribution in [3.05, 3.63) is 22.6 Å². The normalized spacial score (nSPS) is 27.6. The maximum atomic E-state index is 11.6. The first kappa shape index (κ1) is 15.9. The van der Waals surface area contributed by atoms with E-state index in [1.54, 1.807) is 6.33 Å².